The molecule has 4 rings (SSSR count). The van der Waals surface area contributed by atoms with E-state index in [1.807, 2.05) is 67.6 Å². The first-order valence-corrected chi connectivity index (χ1v) is 12.7. The van der Waals surface area contributed by atoms with Crippen LogP contribution in [0.4, 0.5) is 0 Å². The van der Waals surface area contributed by atoms with E-state index in [1.54, 1.807) is 24.3 Å². The van der Waals surface area contributed by atoms with Gasteiger partial charge in [0.2, 0.25) is 0 Å². The number of ketones is 1. The van der Waals surface area contributed by atoms with Crippen molar-refractivity contribution in [1.29, 1.82) is 0 Å². The van der Waals surface area contributed by atoms with Gasteiger partial charge in [-0.1, -0.05) is 72.8 Å². The molecule has 3 aromatic carbocycles. The number of hydrogen-bond donors (Lipinski definition) is 1. The second-order valence-electron chi connectivity index (χ2n) is 9.67. The van der Waals surface area contributed by atoms with Crippen LogP contribution in [-0.4, -0.2) is 35.0 Å². The zero-order valence-electron chi connectivity index (χ0n) is 21.5. The fourth-order valence-corrected chi connectivity index (χ4v) is 5.01. The van der Waals surface area contributed by atoms with Crippen molar-refractivity contribution >= 4 is 17.7 Å². The van der Waals surface area contributed by atoms with E-state index in [9.17, 15) is 19.5 Å². The van der Waals surface area contributed by atoms with Crippen molar-refractivity contribution in [2.75, 3.05) is 6.61 Å². The zero-order valence-corrected chi connectivity index (χ0v) is 21.5. The van der Waals surface area contributed by atoms with Gasteiger partial charge in [0.15, 0.2) is 5.78 Å². The summed E-state index contributed by atoms with van der Waals surface area (Å²) < 4.78 is 16.7. The van der Waals surface area contributed by atoms with Crippen LogP contribution in [0.3, 0.4) is 0 Å². The highest BCUT2D eigenvalue weighted by atomic mass is 16.5. The molecule has 0 amide bonds. The molecule has 4 atom stereocenters. The summed E-state index contributed by atoms with van der Waals surface area (Å²) in [7, 11) is 0. The fraction of sp³-hybridized carbons (Fsp3) is 0.323. The molecular weight excluding hydrogens is 484 g/mol. The van der Waals surface area contributed by atoms with Crippen LogP contribution in [0.15, 0.2) is 84.9 Å². The van der Waals surface area contributed by atoms with E-state index < -0.39 is 41.1 Å². The molecular formula is C31H32O7. The SMILES string of the molecule is CCOc1ccc(C2C(C(=O)OCc3ccccc3)C(=O)CC(C)(O)C2C(=O)OCc2ccccc2)cc1. The number of hydrogen-bond acceptors (Lipinski definition) is 7. The molecule has 1 aliphatic rings. The van der Waals surface area contributed by atoms with Gasteiger partial charge in [-0.3, -0.25) is 14.4 Å². The summed E-state index contributed by atoms with van der Waals surface area (Å²) in [6.07, 6.45) is -0.378. The maximum atomic E-state index is 13.5. The summed E-state index contributed by atoms with van der Waals surface area (Å²) in [6, 6.07) is 25.1. The number of rotatable bonds is 9. The first-order valence-electron chi connectivity index (χ1n) is 12.7. The van der Waals surface area contributed by atoms with E-state index in [0.29, 0.717) is 17.9 Å². The van der Waals surface area contributed by atoms with Gasteiger partial charge in [0.25, 0.3) is 0 Å². The Balaban J connectivity index is 1.67. The van der Waals surface area contributed by atoms with Crippen LogP contribution in [0.2, 0.25) is 0 Å². The van der Waals surface area contributed by atoms with Gasteiger partial charge in [-0.2, -0.15) is 0 Å². The number of esters is 2. The van der Waals surface area contributed by atoms with Crippen LogP contribution in [0.25, 0.3) is 0 Å². The van der Waals surface area contributed by atoms with Gasteiger partial charge in [0.1, 0.15) is 24.9 Å². The first-order chi connectivity index (χ1) is 18.3. The smallest absolute Gasteiger partial charge is 0.317 e. The summed E-state index contributed by atoms with van der Waals surface area (Å²) in [4.78, 5) is 40.2. The third kappa shape index (κ3) is 6.29. The fourth-order valence-electron chi connectivity index (χ4n) is 5.01. The Labute approximate surface area is 222 Å². The lowest BCUT2D eigenvalue weighted by atomic mass is 9.61. The van der Waals surface area contributed by atoms with E-state index in [2.05, 4.69) is 0 Å². The molecule has 0 bridgehead atoms. The Morgan fingerprint density at radius 2 is 1.37 bits per heavy atom. The number of aliphatic hydroxyl groups is 1. The normalized spacial score (nSPS) is 22.9. The number of Topliss-reactive ketones (excluding diaryl/α,β-unsaturated/α-hetero) is 1. The molecule has 1 aliphatic carbocycles. The molecule has 38 heavy (non-hydrogen) atoms. The molecule has 4 unspecified atom stereocenters. The number of benzene rings is 3. The highest BCUT2D eigenvalue weighted by molar-refractivity contribution is 6.02. The molecule has 7 nitrogen and oxygen atoms in total. The van der Waals surface area contributed by atoms with Crippen molar-refractivity contribution in [3.63, 3.8) is 0 Å². The highest BCUT2D eigenvalue weighted by Crippen LogP contribution is 2.47. The van der Waals surface area contributed by atoms with Crippen LogP contribution in [0.5, 0.6) is 5.75 Å². The molecule has 1 saturated carbocycles. The van der Waals surface area contributed by atoms with E-state index in [1.165, 1.54) is 6.92 Å². The summed E-state index contributed by atoms with van der Waals surface area (Å²) in [5.74, 6) is -4.77. The topological polar surface area (TPSA) is 99.1 Å². The Kier molecular flexibility index (Phi) is 8.59. The predicted molar refractivity (Wildman–Crippen MR) is 140 cm³/mol. The van der Waals surface area contributed by atoms with E-state index in [0.717, 1.165) is 11.1 Å². The Bertz CT molecular complexity index is 1240. The summed E-state index contributed by atoms with van der Waals surface area (Å²) in [5.41, 5.74) is 0.353. The number of carbonyl (C=O) groups excluding carboxylic acids is 3. The molecule has 1 fully saturated rings. The van der Waals surface area contributed by atoms with Crippen LogP contribution in [0.1, 0.15) is 42.9 Å². The maximum Gasteiger partial charge on any atom is 0.317 e. The lowest BCUT2D eigenvalue weighted by Gasteiger charge is -2.43. The lowest BCUT2D eigenvalue weighted by molar-refractivity contribution is -0.174. The van der Waals surface area contributed by atoms with Crippen molar-refractivity contribution in [2.24, 2.45) is 11.8 Å². The van der Waals surface area contributed by atoms with E-state index >= 15 is 0 Å². The Morgan fingerprint density at radius 3 is 1.89 bits per heavy atom. The van der Waals surface area contributed by atoms with Gasteiger partial charge in [0, 0.05) is 12.3 Å². The minimum atomic E-state index is -1.73. The van der Waals surface area contributed by atoms with Crippen molar-refractivity contribution in [3.05, 3.63) is 102 Å². The molecule has 0 heterocycles. The molecule has 0 radical (unpaired) electrons. The van der Waals surface area contributed by atoms with Gasteiger partial charge >= 0.3 is 11.9 Å². The zero-order chi connectivity index (χ0) is 27.1. The molecule has 0 spiro atoms. The minimum Gasteiger partial charge on any atom is -0.494 e. The molecule has 7 heteroatoms. The van der Waals surface area contributed by atoms with Crippen LogP contribution >= 0.6 is 0 Å². The highest BCUT2D eigenvalue weighted by Gasteiger charge is 2.57. The predicted octanol–water partition coefficient (Wildman–Crippen LogP) is 4.61. The van der Waals surface area contributed by atoms with Gasteiger partial charge in [0.05, 0.1) is 18.1 Å². The van der Waals surface area contributed by atoms with E-state index in [4.69, 9.17) is 14.2 Å². The standard InChI is InChI=1S/C31H32O7/c1-3-36-24-16-14-23(15-17-24)26-27(29(33)37-19-21-10-6-4-7-11-21)25(32)18-31(2,35)28(26)30(34)38-20-22-12-8-5-9-13-22/h4-17,26-28,35H,3,18-20H2,1-2H3. The Morgan fingerprint density at radius 1 is 0.842 bits per heavy atom. The third-order valence-corrected chi connectivity index (χ3v) is 6.80. The summed E-state index contributed by atoms with van der Waals surface area (Å²) in [5, 5.41) is 11.4. The van der Waals surface area contributed by atoms with Gasteiger partial charge in [-0.05, 0) is 42.7 Å². The second-order valence-corrected chi connectivity index (χ2v) is 9.67. The van der Waals surface area contributed by atoms with Crippen molar-refractivity contribution < 1.29 is 33.7 Å². The second kappa shape index (κ2) is 12.0. The quantitative estimate of drug-likeness (QED) is 0.327. The average Bonchev–Trinajstić information content (AvgIpc) is 2.91. The lowest BCUT2D eigenvalue weighted by Crippen LogP contribution is -2.55. The van der Waals surface area contributed by atoms with Crippen LogP contribution < -0.4 is 4.74 Å². The molecule has 0 saturated heterocycles. The monoisotopic (exact) mass is 516 g/mol. The van der Waals surface area contributed by atoms with Crippen molar-refractivity contribution in [1.82, 2.24) is 0 Å². The van der Waals surface area contributed by atoms with E-state index in [-0.39, 0.29) is 19.6 Å². The summed E-state index contributed by atoms with van der Waals surface area (Å²) >= 11 is 0. The van der Waals surface area contributed by atoms with Gasteiger partial charge < -0.3 is 19.3 Å². The average molecular weight is 517 g/mol. The van der Waals surface area contributed by atoms with Crippen molar-refractivity contribution in [2.45, 2.75) is 45.0 Å². The molecule has 198 valence electrons. The van der Waals surface area contributed by atoms with Crippen molar-refractivity contribution in [3.8, 4) is 5.75 Å². The first kappa shape index (κ1) is 27.1. The molecule has 0 aliphatic heterocycles. The molecule has 0 aromatic heterocycles. The molecule has 1 N–H and O–H groups in total. The number of ether oxygens (including phenoxy) is 3. The van der Waals surface area contributed by atoms with Crippen LogP contribution in [-0.2, 0) is 37.1 Å². The molecule has 3 aromatic rings. The number of carbonyl (C=O) groups is 3. The third-order valence-electron chi connectivity index (χ3n) is 6.80. The largest absolute Gasteiger partial charge is 0.494 e. The maximum absolute atomic E-state index is 13.5. The van der Waals surface area contributed by atoms with Gasteiger partial charge in [-0.25, -0.2) is 0 Å². The van der Waals surface area contributed by atoms with Gasteiger partial charge in [-0.15, -0.1) is 0 Å². The Hall–Kier alpha value is -3.97. The minimum absolute atomic E-state index is 0.000677. The summed E-state index contributed by atoms with van der Waals surface area (Å²) in [6.45, 7) is 3.76. The van der Waals surface area contributed by atoms with Crippen LogP contribution in [0, 0.1) is 11.8 Å².